The van der Waals surface area contributed by atoms with Crippen LogP contribution in [0.2, 0.25) is 0 Å². The average molecular weight is 855 g/mol. The molecule has 0 N–H and O–H groups in total. The zero-order valence-electron chi connectivity index (χ0n) is 26.4. The first-order valence-electron chi connectivity index (χ1n) is 17.4. The fourth-order valence-corrected chi connectivity index (χ4v) is 8.38. The molecule has 0 spiro atoms. The zero-order chi connectivity index (χ0) is 30.0. The van der Waals surface area contributed by atoms with Gasteiger partial charge < -0.3 is 21.3 Å². The Bertz CT molecular complexity index is 757. The molecule has 0 bridgehead atoms. The molecule has 43 heavy (non-hydrogen) atoms. The summed E-state index contributed by atoms with van der Waals surface area (Å²) in [6.45, 7) is 7.86. The zero-order valence-corrected chi connectivity index (χ0v) is 31.8. The van der Waals surface area contributed by atoms with Gasteiger partial charge in [0.1, 0.15) is 0 Å². The summed E-state index contributed by atoms with van der Waals surface area (Å²) in [5, 5.41) is 17.5. The minimum absolute atomic E-state index is 0.840. The van der Waals surface area contributed by atoms with Gasteiger partial charge >= 0.3 is 49.1 Å². The van der Waals surface area contributed by atoms with Crippen molar-refractivity contribution in [1.29, 1.82) is 0 Å². The summed E-state index contributed by atoms with van der Waals surface area (Å²) in [5.74, 6) is 6.15. The van der Waals surface area contributed by atoms with Crippen molar-refractivity contribution in [3.05, 3.63) is 62.9 Å². The van der Waals surface area contributed by atoms with E-state index >= 15 is 0 Å². The number of piperidine rings is 3. The molecule has 1 aromatic rings. The van der Waals surface area contributed by atoms with E-state index in [1.807, 2.05) is 18.3 Å². The van der Waals surface area contributed by atoms with E-state index in [2.05, 4.69) is 80.2 Å². The number of halogens is 2. The molecule has 0 amide bonds. The van der Waals surface area contributed by atoms with Gasteiger partial charge in [-0.3, -0.25) is 0 Å². The van der Waals surface area contributed by atoms with E-state index in [0.29, 0.717) is 0 Å². The van der Waals surface area contributed by atoms with Gasteiger partial charge in [0.05, 0.1) is 0 Å². The standard InChI is InChI=1S/3C9H16N.C9H8N.Fe.2HI/c4*1-2-4-9-7-10-6-5-8(9)3-1;;;/h3*8-9H,1-7H2;1-6H,7H2;;2*1H/q4*-1;+2;;/p-2. The first-order valence-corrected chi connectivity index (χ1v) is 24.6. The van der Waals surface area contributed by atoms with Crippen molar-refractivity contribution < 1.29 is 8.46 Å². The van der Waals surface area contributed by atoms with Crippen LogP contribution in [-0.4, -0.2) is 39.3 Å². The number of hydrogen-bond donors (Lipinski definition) is 0. The van der Waals surface area contributed by atoms with E-state index in [-0.39, 0.29) is 0 Å². The fourth-order valence-electron chi connectivity index (χ4n) is 8.38. The fraction of sp³-hybridized carbons (Fsp3) is 0.778. The molecule has 7 heteroatoms. The van der Waals surface area contributed by atoms with Gasteiger partial charge in [-0.05, 0) is 23.3 Å². The van der Waals surface area contributed by atoms with Crippen LogP contribution in [0.15, 0.2) is 30.5 Å². The minimum atomic E-state index is 0.840. The van der Waals surface area contributed by atoms with Gasteiger partial charge in [-0.2, -0.15) is 6.20 Å². The van der Waals surface area contributed by atoms with Crippen LogP contribution in [0.1, 0.15) is 107 Å². The Labute approximate surface area is 293 Å². The molecule has 6 unspecified atom stereocenters. The normalized spacial score (nSPS) is 32.2. The molecule has 6 atom stereocenters. The molecule has 7 aliphatic rings. The van der Waals surface area contributed by atoms with Crippen LogP contribution < -0.4 is 0 Å². The van der Waals surface area contributed by atoms with Crippen molar-refractivity contribution >= 4 is 46.8 Å². The predicted octanol–water partition coefficient (Wildman–Crippen LogP) is 12.0. The average Bonchev–Trinajstić information content (AvgIpc) is 3.10. The quantitative estimate of drug-likeness (QED) is 0.184. The van der Waals surface area contributed by atoms with Gasteiger partial charge in [0.15, 0.2) is 0 Å². The van der Waals surface area contributed by atoms with E-state index < -0.39 is 0 Å². The number of nitrogens with zero attached hydrogens (tertiary/aromatic N) is 4. The number of benzene rings is 1. The summed E-state index contributed by atoms with van der Waals surface area (Å²) in [6, 6.07) is 8.32. The Hall–Kier alpha value is 0.619. The summed E-state index contributed by atoms with van der Waals surface area (Å²) in [5.41, 5.74) is 2.63. The van der Waals surface area contributed by atoms with E-state index in [4.69, 9.17) is 0 Å². The molecule has 4 heterocycles. The Morgan fingerprint density at radius 2 is 0.930 bits per heavy atom. The Morgan fingerprint density at radius 3 is 1.33 bits per heavy atom. The van der Waals surface area contributed by atoms with E-state index in [1.54, 1.807) is 0 Å². The second-order valence-corrected chi connectivity index (χ2v) is 22.9. The van der Waals surface area contributed by atoms with Crippen LogP contribution in [-0.2, 0) is 15.0 Å². The molecule has 4 aliphatic heterocycles. The molecule has 246 valence electrons. The molecule has 6 fully saturated rings. The molecule has 4 nitrogen and oxygen atoms in total. The van der Waals surface area contributed by atoms with Crippen LogP contribution in [0, 0.1) is 35.5 Å². The maximum absolute atomic E-state index is 4.46. The van der Waals surface area contributed by atoms with Gasteiger partial charge in [-0.1, -0.05) is 150 Å². The first-order chi connectivity index (χ1) is 21.3. The van der Waals surface area contributed by atoms with Crippen LogP contribution in [0.25, 0.3) is 27.3 Å². The Morgan fingerprint density at radius 1 is 0.535 bits per heavy atom. The van der Waals surface area contributed by atoms with Crippen LogP contribution in [0.3, 0.4) is 0 Å². The van der Waals surface area contributed by atoms with Gasteiger partial charge in [0.2, 0.25) is 0 Å². The van der Waals surface area contributed by atoms with E-state index in [0.717, 1.165) is 61.7 Å². The van der Waals surface area contributed by atoms with Crippen molar-refractivity contribution in [2.24, 2.45) is 35.5 Å². The van der Waals surface area contributed by atoms with Crippen molar-refractivity contribution in [3.63, 3.8) is 0 Å². The molecule has 0 radical (unpaired) electrons. The van der Waals surface area contributed by atoms with Crippen LogP contribution in [0.4, 0.5) is 0 Å². The molecule has 3 saturated heterocycles. The molecule has 3 aliphatic carbocycles. The van der Waals surface area contributed by atoms with Gasteiger partial charge in [0, 0.05) is 0 Å². The number of fused-ring (bicyclic) bond motifs is 4. The van der Waals surface area contributed by atoms with E-state index in [9.17, 15) is 0 Å². The van der Waals surface area contributed by atoms with Crippen LogP contribution in [0.5, 0.6) is 0 Å². The summed E-state index contributed by atoms with van der Waals surface area (Å²) in [7, 11) is 1.19. The van der Waals surface area contributed by atoms with Crippen molar-refractivity contribution in [2.45, 2.75) is 103 Å². The molecule has 0 aromatic heterocycles. The van der Waals surface area contributed by atoms with Gasteiger partial charge in [0.25, 0.3) is 0 Å². The molecular formula is C36H56FeI2N4-4. The molecule has 1 aromatic carbocycles. The Balaban J connectivity index is 0.000000127. The predicted molar refractivity (Wildman–Crippen MR) is 200 cm³/mol. The number of hydrogen-bond acceptors (Lipinski definition) is 0. The molecular weight excluding hydrogens is 798 g/mol. The maximum atomic E-state index is 4.46. The third kappa shape index (κ3) is 13.3. The third-order valence-electron chi connectivity index (χ3n) is 10.9. The third-order valence-corrected chi connectivity index (χ3v) is 10.9. The van der Waals surface area contributed by atoms with Crippen molar-refractivity contribution in [1.82, 2.24) is 0 Å². The summed E-state index contributed by atoms with van der Waals surface area (Å²) in [4.78, 5) is 0. The molecule has 8 rings (SSSR count). The van der Waals surface area contributed by atoms with Crippen molar-refractivity contribution in [2.75, 3.05) is 39.3 Å². The molecule has 3 saturated carbocycles. The summed E-state index contributed by atoms with van der Waals surface area (Å²) in [6.07, 6.45) is 25.9. The monoisotopic (exact) mass is 854 g/mol. The van der Waals surface area contributed by atoms with Gasteiger partial charge in [-0.25, -0.2) is 0 Å². The number of rotatable bonds is 0. The van der Waals surface area contributed by atoms with Crippen LogP contribution >= 0.6 is 40.7 Å². The van der Waals surface area contributed by atoms with Gasteiger partial charge in [-0.15, -0.1) is 45.8 Å². The second kappa shape index (κ2) is 22.2. The second-order valence-electron chi connectivity index (χ2n) is 13.6. The van der Waals surface area contributed by atoms with E-state index in [1.165, 1.54) is 136 Å². The summed E-state index contributed by atoms with van der Waals surface area (Å²) < 4.78 is 0. The Kier molecular flexibility index (Phi) is 18.9. The SMILES string of the molecule is C1=Cc2ccccc2C[N-]1.C1CCC2C[N-]CCC2C1.C1CCC2C[N-]CCC2C1.C1CCC2C[N-]CCC2C1.[I][Fe][I]. The topological polar surface area (TPSA) is 56.4 Å². The first kappa shape index (κ1) is 36.5. The van der Waals surface area contributed by atoms with Crippen molar-refractivity contribution in [3.8, 4) is 0 Å². The summed E-state index contributed by atoms with van der Waals surface area (Å²) >= 11 is 4.55.